The molecule has 0 aliphatic carbocycles. The molecule has 3 N–H and O–H groups in total. The molecule has 214 valence electrons. The first-order chi connectivity index (χ1) is 18.9. The molecule has 12 heteroatoms. The maximum Gasteiger partial charge on any atom is 0.573 e. The van der Waals surface area contributed by atoms with Gasteiger partial charge in [-0.3, -0.25) is 9.20 Å². The van der Waals surface area contributed by atoms with E-state index in [4.69, 9.17) is 5.73 Å². The van der Waals surface area contributed by atoms with E-state index in [1.165, 1.54) is 19.5 Å². The number of alkyl halides is 3. The molecule has 40 heavy (non-hydrogen) atoms. The third-order valence-electron chi connectivity index (χ3n) is 5.21. The number of nitrogens with zero attached hydrogens (tertiary/aromatic N) is 4. The smallest absolute Gasteiger partial charge is 0.403 e. The number of imidazole rings is 1. The van der Waals surface area contributed by atoms with Crippen LogP contribution in [0, 0.1) is 12.7 Å². The van der Waals surface area contributed by atoms with Gasteiger partial charge in [0.1, 0.15) is 22.9 Å². The van der Waals surface area contributed by atoms with Crippen LogP contribution in [0.25, 0.3) is 11.1 Å². The number of benzene rings is 1. The van der Waals surface area contributed by atoms with E-state index in [9.17, 15) is 22.4 Å². The van der Waals surface area contributed by atoms with Crippen molar-refractivity contribution in [3.63, 3.8) is 0 Å². The van der Waals surface area contributed by atoms with Crippen molar-refractivity contribution in [1.29, 1.82) is 0 Å². The van der Waals surface area contributed by atoms with Crippen LogP contribution < -0.4 is 15.8 Å². The quantitative estimate of drug-likeness (QED) is 0.205. The van der Waals surface area contributed by atoms with Gasteiger partial charge in [-0.2, -0.15) is 0 Å². The second kappa shape index (κ2) is 14.0. The number of anilines is 2. The van der Waals surface area contributed by atoms with Gasteiger partial charge in [-0.05, 0) is 38.1 Å². The summed E-state index contributed by atoms with van der Waals surface area (Å²) in [5.74, 6) is -0.647. The number of hydrogen-bond donors (Lipinski definition) is 2. The lowest BCUT2D eigenvalue weighted by Crippen LogP contribution is -2.18. The van der Waals surface area contributed by atoms with Crippen LogP contribution in [0.5, 0.6) is 5.75 Å². The minimum atomic E-state index is -4.88. The Kier molecular flexibility index (Phi) is 11.0. The van der Waals surface area contributed by atoms with Crippen LogP contribution in [0.1, 0.15) is 38.7 Å². The Morgan fingerprint density at radius 2 is 1.95 bits per heavy atom. The standard InChI is InChI=1S/C17H17N5O.C8H7F4NO.C3H8/c1-4-14(10-23)21-7-5-13(9-11(21)2)15-16-17(18)19-6-8-22(16)12(3)20-15;1-13-5-2-3-6(9)7(4-5)14-8(10,11)12;1-3-2/h4-10H,2H2,1,3H3,(H2,18,19);2-4,13H,1H3;3H2,1-2H3/b14-4-;;. The summed E-state index contributed by atoms with van der Waals surface area (Å²) >= 11 is 0. The van der Waals surface area contributed by atoms with Crippen molar-refractivity contribution in [3.05, 3.63) is 90.3 Å². The minimum absolute atomic E-state index is 0.339. The van der Waals surface area contributed by atoms with Crippen LogP contribution in [-0.2, 0) is 4.79 Å². The fraction of sp³-hybridized carbons (Fsp3) is 0.250. The second-order valence-corrected chi connectivity index (χ2v) is 8.30. The van der Waals surface area contributed by atoms with Crippen molar-refractivity contribution >= 4 is 28.9 Å². The summed E-state index contributed by atoms with van der Waals surface area (Å²) in [6.45, 7) is 12.0. The van der Waals surface area contributed by atoms with Gasteiger partial charge in [0.05, 0.1) is 5.70 Å². The third-order valence-corrected chi connectivity index (χ3v) is 5.21. The molecular formula is C28H32F4N6O2. The molecule has 3 aromatic rings. The van der Waals surface area contributed by atoms with Crippen molar-refractivity contribution in [3.8, 4) is 5.75 Å². The molecule has 1 aromatic carbocycles. The number of aromatic nitrogens is 3. The SMILES string of the molecule is C=C1C=C(c2nc(C)n3ccnc(N)c23)C=CN1/C(C=O)=C\C.CCC.CNc1ccc(F)c(OC(F)(F)F)c1. The average molecular weight is 561 g/mol. The summed E-state index contributed by atoms with van der Waals surface area (Å²) in [6, 6.07) is 3.13. The number of ether oxygens (including phenoxy) is 1. The molecule has 0 amide bonds. The highest BCUT2D eigenvalue weighted by molar-refractivity contribution is 5.89. The third kappa shape index (κ3) is 7.95. The number of nitrogens with two attached hydrogens (primary N) is 1. The van der Waals surface area contributed by atoms with E-state index in [1.54, 1.807) is 23.4 Å². The van der Waals surface area contributed by atoms with Crippen LogP contribution in [0.3, 0.4) is 0 Å². The minimum Gasteiger partial charge on any atom is -0.403 e. The van der Waals surface area contributed by atoms with Crippen molar-refractivity contribution in [2.45, 2.75) is 40.5 Å². The average Bonchev–Trinajstić information content (AvgIpc) is 3.24. The van der Waals surface area contributed by atoms with Crippen LogP contribution in [0.4, 0.5) is 29.1 Å². The van der Waals surface area contributed by atoms with E-state index in [1.807, 2.05) is 36.6 Å². The number of nitrogen functional groups attached to an aromatic ring is 1. The zero-order valence-corrected chi connectivity index (χ0v) is 22.9. The molecular weight excluding hydrogens is 528 g/mol. The van der Waals surface area contributed by atoms with Crippen LogP contribution in [0.2, 0.25) is 0 Å². The predicted octanol–water partition coefficient (Wildman–Crippen LogP) is 6.63. The number of aryl methyl sites for hydroxylation is 1. The second-order valence-electron chi connectivity index (χ2n) is 8.30. The summed E-state index contributed by atoms with van der Waals surface area (Å²) in [6.07, 6.45) is 7.94. The molecule has 4 rings (SSSR count). The molecule has 0 atom stereocenters. The van der Waals surface area contributed by atoms with Gasteiger partial charge in [-0.1, -0.05) is 32.9 Å². The number of hydrogen-bond acceptors (Lipinski definition) is 7. The van der Waals surface area contributed by atoms with Crippen molar-refractivity contribution in [2.24, 2.45) is 0 Å². The van der Waals surface area contributed by atoms with Crippen LogP contribution in [0.15, 0.2) is 73.0 Å². The van der Waals surface area contributed by atoms with E-state index in [-0.39, 0.29) is 0 Å². The normalized spacial score (nSPS) is 13.1. The zero-order valence-electron chi connectivity index (χ0n) is 22.9. The molecule has 0 spiro atoms. The topological polar surface area (TPSA) is 97.8 Å². The van der Waals surface area contributed by atoms with E-state index in [0.717, 1.165) is 41.0 Å². The molecule has 3 heterocycles. The monoisotopic (exact) mass is 560 g/mol. The largest absolute Gasteiger partial charge is 0.573 e. The molecule has 0 radical (unpaired) electrons. The lowest BCUT2D eigenvalue weighted by atomic mass is 10.1. The fourth-order valence-electron chi connectivity index (χ4n) is 3.49. The predicted molar refractivity (Wildman–Crippen MR) is 149 cm³/mol. The van der Waals surface area contributed by atoms with Crippen molar-refractivity contribution in [1.82, 2.24) is 19.3 Å². The van der Waals surface area contributed by atoms with Gasteiger partial charge in [-0.15, -0.1) is 13.2 Å². The van der Waals surface area contributed by atoms with Crippen molar-refractivity contribution < 1.29 is 27.1 Å². The number of aldehydes is 1. The first kappa shape index (κ1) is 31.6. The Balaban J connectivity index is 0.000000282. The number of carbonyl (C=O) groups is 1. The number of fused-ring (bicyclic) bond motifs is 1. The van der Waals surface area contributed by atoms with Crippen LogP contribution >= 0.6 is 0 Å². The summed E-state index contributed by atoms with van der Waals surface area (Å²) in [4.78, 5) is 21.6. The zero-order chi connectivity index (χ0) is 30.0. The molecule has 1 aliphatic heterocycles. The lowest BCUT2D eigenvalue weighted by molar-refractivity contribution is -0.275. The maximum atomic E-state index is 12.8. The van der Waals surface area contributed by atoms with Gasteiger partial charge in [0.2, 0.25) is 0 Å². The number of rotatable bonds is 5. The Bertz CT molecular complexity index is 1440. The maximum absolute atomic E-state index is 12.8. The van der Waals surface area contributed by atoms with Crippen LogP contribution in [-0.4, -0.2) is 39.0 Å². The molecule has 1 aliphatic rings. The highest BCUT2D eigenvalue weighted by Crippen LogP contribution is 2.30. The first-order valence-corrected chi connectivity index (χ1v) is 12.2. The van der Waals surface area contributed by atoms with E-state index >= 15 is 0 Å². The van der Waals surface area contributed by atoms with E-state index < -0.39 is 17.9 Å². The van der Waals surface area contributed by atoms with Gasteiger partial charge in [-0.25, -0.2) is 14.4 Å². The fourth-order valence-corrected chi connectivity index (χ4v) is 3.49. The molecule has 0 bridgehead atoms. The molecule has 8 nitrogen and oxygen atoms in total. The highest BCUT2D eigenvalue weighted by atomic mass is 19.4. The van der Waals surface area contributed by atoms with Gasteiger partial charge in [0.25, 0.3) is 0 Å². The Morgan fingerprint density at radius 1 is 1.27 bits per heavy atom. The van der Waals surface area contributed by atoms with E-state index in [2.05, 4.69) is 40.4 Å². The molecule has 0 saturated carbocycles. The molecule has 0 saturated heterocycles. The Labute approximate surface area is 230 Å². The Hall–Kier alpha value is -4.61. The molecule has 0 fully saturated rings. The van der Waals surface area contributed by atoms with Gasteiger partial charge >= 0.3 is 6.36 Å². The highest BCUT2D eigenvalue weighted by Gasteiger charge is 2.32. The Morgan fingerprint density at radius 3 is 2.50 bits per heavy atom. The van der Waals surface area contributed by atoms with Gasteiger partial charge < -0.3 is 20.7 Å². The molecule has 0 unspecified atom stereocenters. The summed E-state index contributed by atoms with van der Waals surface area (Å²) in [7, 11) is 1.50. The number of allylic oxidation sites excluding steroid dienone is 5. The summed E-state index contributed by atoms with van der Waals surface area (Å²) < 4.78 is 53.4. The molecule has 2 aromatic heterocycles. The summed E-state index contributed by atoms with van der Waals surface area (Å²) in [5, 5.41) is 2.57. The number of carbonyl (C=O) groups excluding carboxylic acids is 1. The number of nitrogens with one attached hydrogen (secondary N) is 1. The number of halogens is 4. The summed E-state index contributed by atoms with van der Waals surface area (Å²) in [5.41, 5.74) is 9.97. The van der Waals surface area contributed by atoms with Gasteiger partial charge in [0, 0.05) is 48.7 Å². The van der Waals surface area contributed by atoms with Gasteiger partial charge in [0.15, 0.2) is 17.9 Å². The first-order valence-electron chi connectivity index (χ1n) is 12.2. The van der Waals surface area contributed by atoms with E-state index in [0.29, 0.717) is 22.9 Å². The van der Waals surface area contributed by atoms with Crippen molar-refractivity contribution in [2.75, 3.05) is 18.1 Å². The lowest BCUT2D eigenvalue weighted by Gasteiger charge is -2.24.